The second kappa shape index (κ2) is 6.89. The van der Waals surface area contributed by atoms with Gasteiger partial charge in [0.25, 0.3) is 5.91 Å². The van der Waals surface area contributed by atoms with E-state index in [1.807, 2.05) is 18.2 Å². The zero-order valence-corrected chi connectivity index (χ0v) is 13.4. The lowest BCUT2D eigenvalue weighted by Gasteiger charge is -2.24. The van der Waals surface area contributed by atoms with Crippen molar-refractivity contribution in [3.05, 3.63) is 23.8 Å². The number of ether oxygens (including phenoxy) is 1. The molecule has 3 rings (SSSR count). The molecule has 1 atom stereocenters. The maximum Gasteiger partial charge on any atom is 0.315 e. The van der Waals surface area contributed by atoms with E-state index in [2.05, 4.69) is 16.0 Å². The molecule has 0 radical (unpaired) electrons. The Kier molecular flexibility index (Phi) is 4.69. The highest BCUT2D eigenvalue weighted by Crippen LogP contribution is 2.30. The second-order valence-corrected chi connectivity index (χ2v) is 6.24. The van der Waals surface area contributed by atoms with Crippen molar-refractivity contribution in [3.63, 3.8) is 0 Å². The van der Waals surface area contributed by atoms with Crippen LogP contribution in [0.2, 0.25) is 0 Å². The Balaban J connectivity index is 1.53. The lowest BCUT2D eigenvalue weighted by atomic mass is 9.96. The Labute approximate surface area is 136 Å². The average molecular weight is 317 g/mol. The number of fused-ring (bicyclic) bond motifs is 1. The summed E-state index contributed by atoms with van der Waals surface area (Å²) in [6.07, 6.45) is 5.29. The van der Waals surface area contributed by atoms with E-state index < -0.39 is 6.10 Å². The standard InChI is InChI=1S/C17H23N3O3/c1-11-16(21)20-14-9-12(7-8-15(14)23-11)10-18-17(22)19-13-5-3-2-4-6-13/h7-9,11,13H,2-6,10H2,1H3,(H,20,21)(H2,18,19,22). The fourth-order valence-electron chi connectivity index (χ4n) is 3.03. The highest BCUT2D eigenvalue weighted by atomic mass is 16.5. The van der Waals surface area contributed by atoms with Crippen LogP contribution in [0.1, 0.15) is 44.6 Å². The van der Waals surface area contributed by atoms with E-state index in [0.29, 0.717) is 24.0 Å². The summed E-state index contributed by atoms with van der Waals surface area (Å²) in [5.41, 5.74) is 1.57. The summed E-state index contributed by atoms with van der Waals surface area (Å²) in [5, 5.41) is 8.70. The molecule has 1 heterocycles. The topological polar surface area (TPSA) is 79.5 Å². The van der Waals surface area contributed by atoms with E-state index in [-0.39, 0.29) is 11.9 Å². The van der Waals surface area contributed by atoms with Gasteiger partial charge in [-0.1, -0.05) is 25.3 Å². The molecule has 2 aliphatic rings. The Hall–Kier alpha value is -2.24. The van der Waals surface area contributed by atoms with Crippen LogP contribution in [0.4, 0.5) is 10.5 Å². The number of hydrogen-bond donors (Lipinski definition) is 3. The fraction of sp³-hybridized carbons (Fsp3) is 0.529. The van der Waals surface area contributed by atoms with Crippen LogP contribution in [-0.2, 0) is 11.3 Å². The molecule has 6 nitrogen and oxygen atoms in total. The second-order valence-electron chi connectivity index (χ2n) is 6.24. The number of carbonyl (C=O) groups is 2. The first-order chi connectivity index (χ1) is 11.1. The molecule has 1 aliphatic heterocycles. The molecule has 3 N–H and O–H groups in total. The maximum absolute atomic E-state index is 12.0. The first kappa shape index (κ1) is 15.6. The first-order valence-electron chi connectivity index (χ1n) is 8.26. The number of amides is 3. The largest absolute Gasteiger partial charge is 0.479 e. The zero-order valence-electron chi connectivity index (χ0n) is 13.4. The van der Waals surface area contributed by atoms with Crippen LogP contribution in [-0.4, -0.2) is 24.1 Å². The minimum Gasteiger partial charge on any atom is -0.479 e. The molecule has 1 saturated carbocycles. The molecule has 6 heteroatoms. The number of nitrogens with one attached hydrogen (secondary N) is 3. The zero-order chi connectivity index (χ0) is 16.2. The Bertz CT molecular complexity index is 597. The molecule has 3 amide bonds. The highest BCUT2D eigenvalue weighted by Gasteiger charge is 2.23. The van der Waals surface area contributed by atoms with Crippen molar-refractivity contribution in [1.82, 2.24) is 10.6 Å². The first-order valence-corrected chi connectivity index (χ1v) is 8.26. The molecule has 1 aromatic rings. The maximum atomic E-state index is 12.0. The van der Waals surface area contributed by atoms with Gasteiger partial charge in [-0.05, 0) is 37.5 Å². The van der Waals surface area contributed by atoms with Crippen LogP contribution in [0.25, 0.3) is 0 Å². The van der Waals surface area contributed by atoms with Crippen LogP contribution in [0.15, 0.2) is 18.2 Å². The number of urea groups is 1. The van der Waals surface area contributed by atoms with Gasteiger partial charge in [0.05, 0.1) is 5.69 Å². The van der Waals surface area contributed by atoms with E-state index in [9.17, 15) is 9.59 Å². The number of hydrogen-bond acceptors (Lipinski definition) is 3. The van der Waals surface area contributed by atoms with Crippen molar-refractivity contribution in [3.8, 4) is 5.75 Å². The van der Waals surface area contributed by atoms with Crippen molar-refractivity contribution >= 4 is 17.6 Å². The average Bonchev–Trinajstić information content (AvgIpc) is 2.55. The van der Waals surface area contributed by atoms with Crippen molar-refractivity contribution in [2.45, 2.75) is 57.7 Å². The minimum atomic E-state index is -0.479. The summed E-state index contributed by atoms with van der Waals surface area (Å²) >= 11 is 0. The van der Waals surface area contributed by atoms with E-state index in [0.717, 1.165) is 18.4 Å². The molecule has 124 valence electrons. The molecular formula is C17H23N3O3. The van der Waals surface area contributed by atoms with Crippen molar-refractivity contribution in [2.24, 2.45) is 0 Å². The minimum absolute atomic E-state index is 0.136. The Morgan fingerprint density at radius 2 is 2.09 bits per heavy atom. The Morgan fingerprint density at radius 3 is 2.87 bits per heavy atom. The molecule has 23 heavy (non-hydrogen) atoms. The fourth-order valence-corrected chi connectivity index (χ4v) is 3.03. The van der Waals surface area contributed by atoms with E-state index in [1.165, 1.54) is 19.3 Å². The van der Waals surface area contributed by atoms with Gasteiger partial charge in [-0.25, -0.2) is 4.79 Å². The van der Waals surface area contributed by atoms with Gasteiger partial charge in [0, 0.05) is 12.6 Å². The summed E-state index contributed by atoms with van der Waals surface area (Å²) in [5.74, 6) is 0.505. The molecule has 0 bridgehead atoms. The molecule has 1 aromatic carbocycles. The van der Waals surface area contributed by atoms with Gasteiger partial charge < -0.3 is 20.7 Å². The molecule has 1 aliphatic carbocycles. The molecule has 0 spiro atoms. The smallest absolute Gasteiger partial charge is 0.315 e. The van der Waals surface area contributed by atoms with E-state index in [4.69, 9.17) is 4.74 Å². The lowest BCUT2D eigenvalue weighted by Crippen LogP contribution is -2.42. The molecule has 1 unspecified atom stereocenters. The SMILES string of the molecule is CC1Oc2ccc(CNC(=O)NC3CCCCC3)cc2NC1=O. The van der Waals surface area contributed by atoms with Crippen LogP contribution in [0.3, 0.4) is 0 Å². The van der Waals surface area contributed by atoms with Crippen LogP contribution < -0.4 is 20.7 Å². The van der Waals surface area contributed by atoms with Gasteiger partial charge in [0.2, 0.25) is 0 Å². The number of anilines is 1. The predicted octanol–water partition coefficient (Wildman–Crippen LogP) is 2.54. The van der Waals surface area contributed by atoms with Gasteiger partial charge in [0.1, 0.15) is 5.75 Å². The third-order valence-electron chi connectivity index (χ3n) is 4.37. The molecule has 1 fully saturated rings. The third kappa shape index (κ3) is 3.94. The quantitative estimate of drug-likeness (QED) is 0.801. The predicted molar refractivity (Wildman–Crippen MR) is 87.4 cm³/mol. The van der Waals surface area contributed by atoms with Crippen molar-refractivity contribution < 1.29 is 14.3 Å². The molecule has 0 saturated heterocycles. The normalized spacial score (nSPS) is 20.9. The Morgan fingerprint density at radius 1 is 1.30 bits per heavy atom. The van der Waals surface area contributed by atoms with Gasteiger partial charge in [-0.15, -0.1) is 0 Å². The number of benzene rings is 1. The number of rotatable bonds is 3. The van der Waals surface area contributed by atoms with Crippen molar-refractivity contribution in [1.29, 1.82) is 0 Å². The molecular weight excluding hydrogens is 294 g/mol. The van der Waals surface area contributed by atoms with Gasteiger partial charge in [-0.3, -0.25) is 4.79 Å². The summed E-state index contributed by atoms with van der Waals surface area (Å²) in [6, 6.07) is 5.70. The monoisotopic (exact) mass is 317 g/mol. The number of carbonyl (C=O) groups excluding carboxylic acids is 2. The van der Waals surface area contributed by atoms with Crippen molar-refractivity contribution in [2.75, 3.05) is 5.32 Å². The summed E-state index contributed by atoms with van der Waals surface area (Å²) in [6.45, 7) is 2.13. The van der Waals surface area contributed by atoms with Gasteiger partial charge >= 0.3 is 6.03 Å². The summed E-state index contributed by atoms with van der Waals surface area (Å²) in [7, 11) is 0. The van der Waals surface area contributed by atoms with Gasteiger partial charge in [0.15, 0.2) is 6.10 Å². The van der Waals surface area contributed by atoms with E-state index in [1.54, 1.807) is 6.92 Å². The lowest BCUT2D eigenvalue weighted by molar-refractivity contribution is -0.122. The van der Waals surface area contributed by atoms with Crippen LogP contribution in [0, 0.1) is 0 Å². The van der Waals surface area contributed by atoms with E-state index >= 15 is 0 Å². The van der Waals surface area contributed by atoms with Gasteiger partial charge in [-0.2, -0.15) is 0 Å². The summed E-state index contributed by atoms with van der Waals surface area (Å²) in [4.78, 5) is 23.6. The summed E-state index contributed by atoms with van der Waals surface area (Å²) < 4.78 is 5.51. The van der Waals surface area contributed by atoms with Crippen LogP contribution >= 0.6 is 0 Å². The third-order valence-corrected chi connectivity index (χ3v) is 4.37. The highest BCUT2D eigenvalue weighted by molar-refractivity contribution is 5.97. The van der Waals surface area contributed by atoms with Crippen LogP contribution in [0.5, 0.6) is 5.75 Å². The molecule has 0 aromatic heterocycles.